The van der Waals surface area contributed by atoms with E-state index in [1.165, 1.54) is 122 Å². The maximum Gasteiger partial charge on any atom is 0.306 e. The average Bonchev–Trinajstić information content (AvgIpc) is 3.43. The third-order valence-electron chi connectivity index (χ3n) is 13.5. The Hall–Kier alpha value is -4.19. The summed E-state index contributed by atoms with van der Waals surface area (Å²) in [5.74, 6) is -0.894. The van der Waals surface area contributed by atoms with E-state index in [4.69, 9.17) is 14.2 Å². The molecule has 0 N–H and O–H groups in total. The molecule has 0 fully saturated rings. The summed E-state index contributed by atoms with van der Waals surface area (Å²) in [4.78, 5) is 38.1. The molecule has 6 heteroatoms. The largest absolute Gasteiger partial charge is 0.462 e. The van der Waals surface area contributed by atoms with Crippen LogP contribution in [0.25, 0.3) is 0 Å². The lowest BCUT2D eigenvalue weighted by Gasteiger charge is -2.18. The quantitative estimate of drug-likeness (QED) is 0.0261. The molecule has 0 aliphatic carbocycles. The number of carbonyl (C=O) groups excluding carboxylic acids is 3. The van der Waals surface area contributed by atoms with E-state index in [0.29, 0.717) is 19.3 Å². The molecule has 0 spiro atoms. The van der Waals surface area contributed by atoms with Gasteiger partial charge in [0.2, 0.25) is 0 Å². The minimum atomic E-state index is -0.783. The molecule has 0 saturated carbocycles. The highest BCUT2D eigenvalue weighted by Gasteiger charge is 2.19. The third kappa shape index (κ3) is 62.5. The zero-order chi connectivity index (χ0) is 55.7. The van der Waals surface area contributed by atoms with Gasteiger partial charge in [0.05, 0.1) is 0 Å². The molecule has 438 valence electrons. The molecule has 0 rings (SSSR count). The predicted molar refractivity (Wildman–Crippen MR) is 334 cm³/mol. The minimum absolute atomic E-state index is 0.0816. The molecule has 0 aromatic carbocycles. The lowest BCUT2D eigenvalue weighted by molar-refractivity contribution is -0.167. The van der Waals surface area contributed by atoms with Crippen molar-refractivity contribution >= 4 is 17.9 Å². The number of hydrogen-bond donors (Lipinski definition) is 0. The molecule has 0 aliphatic heterocycles. The predicted octanol–water partition coefficient (Wildman–Crippen LogP) is 22.0. The summed E-state index contributed by atoms with van der Waals surface area (Å²) in [7, 11) is 0. The fourth-order valence-electron chi connectivity index (χ4n) is 8.73. The van der Waals surface area contributed by atoms with E-state index >= 15 is 0 Å². The van der Waals surface area contributed by atoms with Crippen molar-refractivity contribution in [2.24, 2.45) is 0 Å². The van der Waals surface area contributed by atoms with Gasteiger partial charge in [0, 0.05) is 19.3 Å². The van der Waals surface area contributed by atoms with Crippen molar-refractivity contribution < 1.29 is 28.6 Å². The Kier molecular flexibility index (Phi) is 60.8. The molecular formula is C71H118O6. The van der Waals surface area contributed by atoms with Gasteiger partial charge in [0.1, 0.15) is 13.2 Å². The van der Waals surface area contributed by atoms with Gasteiger partial charge in [-0.05, 0) is 109 Å². The van der Waals surface area contributed by atoms with Gasteiger partial charge in [0.15, 0.2) is 6.10 Å². The van der Waals surface area contributed by atoms with Gasteiger partial charge in [-0.1, -0.05) is 284 Å². The summed E-state index contributed by atoms with van der Waals surface area (Å²) in [6.45, 7) is 6.37. The lowest BCUT2D eigenvalue weighted by Crippen LogP contribution is -2.30. The van der Waals surface area contributed by atoms with Crippen molar-refractivity contribution in [3.05, 3.63) is 122 Å². The van der Waals surface area contributed by atoms with Crippen LogP contribution in [0.3, 0.4) is 0 Å². The summed E-state index contributed by atoms with van der Waals surface area (Å²) >= 11 is 0. The van der Waals surface area contributed by atoms with E-state index < -0.39 is 6.10 Å². The number of esters is 3. The number of ether oxygens (including phenoxy) is 3. The number of unbranched alkanes of at least 4 members (excludes halogenated alkanes) is 26. The Bertz CT molecular complexity index is 1600. The van der Waals surface area contributed by atoms with E-state index in [0.717, 1.165) is 128 Å². The van der Waals surface area contributed by atoms with Gasteiger partial charge in [0.25, 0.3) is 0 Å². The summed E-state index contributed by atoms with van der Waals surface area (Å²) in [5.41, 5.74) is 0. The molecule has 6 nitrogen and oxygen atoms in total. The van der Waals surface area contributed by atoms with Crippen molar-refractivity contribution in [2.45, 2.75) is 297 Å². The molecule has 0 heterocycles. The third-order valence-corrected chi connectivity index (χ3v) is 13.5. The average molecular weight is 1070 g/mol. The first-order valence-corrected chi connectivity index (χ1v) is 32.0. The van der Waals surface area contributed by atoms with Crippen molar-refractivity contribution in [1.29, 1.82) is 0 Å². The van der Waals surface area contributed by atoms with Crippen LogP contribution in [0, 0.1) is 0 Å². The number of carbonyl (C=O) groups is 3. The highest BCUT2D eigenvalue weighted by Crippen LogP contribution is 2.16. The van der Waals surface area contributed by atoms with Crippen LogP contribution < -0.4 is 0 Å². The second kappa shape index (κ2) is 64.3. The maximum atomic E-state index is 12.9. The molecule has 0 bridgehead atoms. The topological polar surface area (TPSA) is 78.9 Å². The molecule has 0 amide bonds. The number of allylic oxidation sites excluding steroid dienone is 20. The van der Waals surface area contributed by atoms with Gasteiger partial charge < -0.3 is 14.2 Å². The van der Waals surface area contributed by atoms with Crippen molar-refractivity contribution in [2.75, 3.05) is 13.2 Å². The van der Waals surface area contributed by atoms with E-state index in [-0.39, 0.29) is 31.1 Å². The molecule has 1 unspecified atom stereocenters. The fourth-order valence-corrected chi connectivity index (χ4v) is 8.73. The monoisotopic (exact) mass is 1070 g/mol. The van der Waals surface area contributed by atoms with Crippen LogP contribution in [0.1, 0.15) is 290 Å². The normalized spacial score (nSPS) is 12.9. The van der Waals surface area contributed by atoms with E-state index in [1.54, 1.807) is 0 Å². The molecule has 0 radical (unpaired) electrons. The van der Waals surface area contributed by atoms with Crippen LogP contribution in [-0.4, -0.2) is 37.2 Å². The molecule has 1 atom stereocenters. The molecule has 77 heavy (non-hydrogen) atoms. The first-order chi connectivity index (χ1) is 38.0. The zero-order valence-corrected chi connectivity index (χ0v) is 50.2. The second-order valence-corrected chi connectivity index (χ2v) is 20.9. The van der Waals surface area contributed by atoms with E-state index in [1.807, 2.05) is 0 Å². The van der Waals surface area contributed by atoms with Gasteiger partial charge in [-0.2, -0.15) is 0 Å². The summed E-state index contributed by atoms with van der Waals surface area (Å²) in [5, 5.41) is 0. The lowest BCUT2D eigenvalue weighted by atomic mass is 10.0. The number of rotatable bonds is 57. The fraction of sp³-hybridized carbons (Fsp3) is 0.676. The molecule has 0 aromatic heterocycles. The SMILES string of the molecule is CC/C=C\C/C=C\C/C=C\C/C=C\C/C=C\C/C=C\CCCCCCCCCCCCCCC(=O)OCC(COC(=O)CCCCCCCCC)OC(=O)CCCCCCCCCC/C=C\C/C=C\C/C=C\C/C=C\CC. The molecule has 0 aromatic rings. The van der Waals surface area contributed by atoms with Crippen LogP contribution in [0.4, 0.5) is 0 Å². The number of hydrogen-bond acceptors (Lipinski definition) is 6. The van der Waals surface area contributed by atoms with Crippen LogP contribution in [0.15, 0.2) is 122 Å². The summed E-state index contributed by atoms with van der Waals surface area (Å²) in [6, 6.07) is 0. The zero-order valence-electron chi connectivity index (χ0n) is 50.2. The van der Waals surface area contributed by atoms with Gasteiger partial charge in [-0.25, -0.2) is 0 Å². The minimum Gasteiger partial charge on any atom is -0.462 e. The van der Waals surface area contributed by atoms with Crippen molar-refractivity contribution in [1.82, 2.24) is 0 Å². The highest BCUT2D eigenvalue weighted by atomic mass is 16.6. The Morgan fingerprint density at radius 2 is 0.506 bits per heavy atom. The summed E-state index contributed by atoms with van der Waals surface area (Å²) < 4.78 is 16.8. The van der Waals surface area contributed by atoms with Gasteiger partial charge >= 0.3 is 17.9 Å². The van der Waals surface area contributed by atoms with Gasteiger partial charge in [-0.15, -0.1) is 0 Å². The van der Waals surface area contributed by atoms with Crippen LogP contribution in [0.2, 0.25) is 0 Å². The Balaban J connectivity index is 4.13. The standard InChI is InChI=1S/C71H118O6/c1-4-7-10-13-16-18-20-22-24-26-28-30-31-32-33-34-35-36-37-38-39-41-42-44-46-48-50-52-55-58-61-64-70(73)76-67-68(66-75-69(72)63-60-57-54-15-12-9-6-3)77-71(74)65-62-59-56-53-51-49-47-45-43-40-29-27-25-23-21-19-17-14-11-8-5-2/h7-8,10-11,16-19,22-25,28-30,32-33,35-36,40,68H,4-6,9,12-15,20-21,26-27,31,34,37-39,41-67H2,1-3H3/b10-7-,11-8-,18-16-,19-17-,24-22-,25-23-,30-28-,33-32-,36-35-,40-29-. The van der Waals surface area contributed by atoms with Crippen LogP contribution >= 0.6 is 0 Å². The van der Waals surface area contributed by atoms with Gasteiger partial charge in [-0.3, -0.25) is 14.4 Å². The van der Waals surface area contributed by atoms with Crippen LogP contribution in [0.5, 0.6) is 0 Å². The Labute approximate surface area is 475 Å². The second-order valence-electron chi connectivity index (χ2n) is 20.9. The summed E-state index contributed by atoms with van der Waals surface area (Å²) in [6.07, 6.45) is 89.4. The highest BCUT2D eigenvalue weighted by molar-refractivity contribution is 5.71. The Morgan fingerprint density at radius 1 is 0.273 bits per heavy atom. The smallest absolute Gasteiger partial charge is 0.306 e. The first kappa shape index (κ1) is 72.8. The first-order valence-electron chi connectivity index (χ1n) is 32.0. The molecule has 0 aliphatic rings. The van der Waals surface area contributed by atoms with Crippen molar-refractivity contribution in [3.63, 3.8) is 0 Å². The molecular weight excluding hydrogens is 949 g/mol. The van der Waals surface area contributed by atoms with Crippen LogP contribution in [-0.2, 0) is 28.6 Å². The van der Waals surface area contributed by atoms with Crippen molar-refractivity contribution in [3.8, 4) is 0 Å². The van der Waals surface area contributed by atoms with E-state index in [9.17, 15) is 14.4 Å². The maximum absolute atomic E-state index is 12.9. The molecule has 0 saturated heterocycles. The van der Waals surface area contributed by atoms with E-state index in [2.05, 4.69) is 142 Å². The Morgan fingerprint density at radius 3 is 0.792 bits per heavy atom.